The van der Waals surface area contributed by atoms with Crippen molar-refractivity contribution in [2.45, 2.75) is 31.7 Å². The Bertz CT molecular complexity index is 173. The summed E-state index contributed by atoms with van der Waals surface area (Å²) < 4.78 is 0. The van der Waals surface area contributed by atoms with Gasteiger partial charge in [-0.05, 0) is 51.9 Å². The Kier molecular flexibility index (Phi) is 4.09. The molecular weight excluding hydrogens is 196 g/mol. The molecule has 0 N–H and O–H groups in total. The molecule has 0 bridgehead atoms. The number of hydrogen-bond donors (Lipinski definition) is 0. The van der Waals surface area contributed by atoms with Crippen LogP contribution in [0.15, 0.2) is 0 Å². The Morgan fingerprint density at radius 2 is 2.00 bits per heavy atom. The third-order valence-electron chi connectivity index (χ3n) is 3.50. The van der Waals surface area contributed by atoms with E-state index < -0.39 is 0 Å². The van der Waals surface area contributed by atoms with Crippen LogP contribution in [0, 0.1) is 0 Å². The van der Waals surface area contributed by atoms with Crippen LogP contribution in [0.2, 0.25) is 0 Å². The van der Waals surface area contributed by atoms with Gasteiger partial charge in [0.2, 0.25) is 0 Å². The first-order valence-electron chi connectivity index (χ1n) is 5.92. The Balaban J connectivity index is 1.82. The minimum absolute atomic E-state index is 0.810. The summed E-state index contributed by atoms with van der Waals surface area (Å²) in [5, 5.41) is 0. The number of alkyl halides is 1. The molecule has 0 aromatic carbocycles. The molecular formula is C11H21ClN2. The fourth-order valence-electron chi connectivity index (χ4n) is 2.77. The van der Waals surface area contributed by atoms with Crippen LogP contribution in [-0.4, -0.2) is 54.4 Å². The highest BCUT2D eigenvalue weighted by Gasteiger charge is 2.28. The zero-order valence-corrected chi connectivity index (χ0v) is 9.68. The zero-order valence-electron chi connectivity index (χ0n) is 8.92. The molecule has 0 aromatic rings. The van der Waals surface area contributed by atoms with Crippen LogP contribution >= 0.6 is 11.6 Å². The van der Waals surface area contributed by atoms with Crippen LogP contribution in [0.4, 0.5) is 0 Å². The van der Waals surface area contributed by atoms with Crippen LogP contribution in [-0.2, 0) is 0 Å². The standard InChI is InChI=1S/C11H21ClN2/c12-5-2-6-13-7-3-9-14-8-1-4-11(14)10-13/h11H,1-10H2. The first kappa shape index (κ1) is 10.7. The average molecular weight is 217 g/mol. The predicted molar refractivity (Wildman–Crippen MR) is 61.0 cm³/mol. The molecule has 0 aliphatic carbocycles. The summed E-state index contributed by atoms with van der Waals surface area (Å²) in [5.74, 6) is 0.810. The molecule has 3 heteroatoms. The summed E-state index contributed by atoms with van der Waals surface area (Å²) in [5.41, 5.74) is 0. The Morgan fingerprint density at radius 3 is 2.86 bits per heavy atom. The van der Waals surface area contributed by atoms with Gasteiger partial charge in [0.1, 0.15) is 0 Å². The third-order valence-corrected chi connectivity index (χ3v) is 3.76. The summed E-state index contributed by atoms with van der Waals surface area (Å²) in [6.45, 7) is 6.44. The van der Waals surface area contributed by atoms with Gasteiger partial charge in [-0.2, -0.15) is 0 Å². The predicted octanol–water partition coefficient (Wildman–Crippen LogP) is 1.79. The highest BCUT2D eigenvalue weighted by Crippen LogP contribution is 2.21. The lowest BCUT2D eigenvalue weighted by atomic mass is 10.2. The summed E-state index contributed by atoms with van der Waals surface area (Å²) in [7, 11) is 0. The van der Waals surface area contributed by atoms with Crippen LogP contribution in [0.1, 0.15) is 25.7 Å². The van der Waals surface area contributed by atoms with Crippen LogP contribution in [0.25, 0.3) is 0 Å². The van der Waals surface area contributed by atoms with E-state index in [0.717, 1.165) is 18.3 Å². The highest BCUT2D eigenvalue weighted by atomic mass is 35.5. The van der Waals surface area contributed by atoms with Gasteiger partial charge in [-0.3, -0.25) is 4.90 Å². The van der Waals surface area contributed by atoms with E-state index in [1.165, 1.54) is 52.0 Å². The second-order valence-corrected chi connectivity index (χ2v) is 4.91. The molecule has 0 saturated carbocycles. The lowest BCUT2D eigenvalue weighted by molar-refractivity contribution is 0.220. The Hall–Kier alpha value is 0.210. The fourth-order valence-corrected chi connectivity index (χ4v) is 2.89. The quantitative estimate of drug-likeness (QED) is 0.664. The summed E-state index contributed by atoms with van der Waals surface area (Å²) in [4.78, 5) is 5.29. The molecule has 14 heavy (non-hydrogen) atoms. The smallest absolute Gasteiger partial charge is 0.0235 e. The van der Waals surface area contributed by atoms with Gasteiger partial charge in [-0.15, -0.1) is 11.6 Å². The third kappa shape index (κ3) is 2.62. The summed E-state index contributed by atoms with van der Waals surface area (Å²) in [6.07, 6.45) is 5.32. The first-order chi connectivity index (χ1) is 6.90. The largest absolute Gasteiger partial charge is 0.302 e. The topological polar surface area (TPSA) is 6.48 Å². The minimum atomic E-state index is 0.810. The van der Waals surface area contributed by atoms with E-state index in [2.05, 4.69) is 9.80 Å². The van der Waals surface area contributed by atoms with Crippen molar-refractivity contribution < 1.29 is 0 Å². The van der Waals surface area contributed by atoms with E-state index in [1.54, 1.807) is 0 Å². The lowest BCUT2D eigenvalue weighted by Gasteiger charge is -2.25. The van der Waals surface area contributed by atoms with Crippen molar-refractivity contribution in [3.05, 3.63) is 0 Å². The monoisotopic (exact) mass is 216 g/mol. The molecule has 2 fully saturated rings. The fraction of sp³-hybridized carbons (Fsp3) is 1.00. The molecule has 82 valence electrons. The van der Waals surface area contributed by atoms with Gasteiger partial charge in [0, 0.05) is 18.5 Å². The second-order valence-electron chi connectivity index (χ2n) is 4.53. The second kappa shape index (κ2) is 5.34. The van der Waals surface area contributed by atoms with E-state index in [1.807, 2.05) is 0 Å². The van der Waals surface area contributed by atoms with Crippen molar-refractivity contribution in [2.24, 2.45) is 0 Å². The maximum atomic E-state index is 5.74. The van der Waals surface area contributed by atoms with Gasteiger partial charge < -0.3 is 4.90 Å². The van der Waals surface area contributed by atoms with Crippen molar-refractivity contribution in [1.82, 2.24) is 9.80 Å². The number of rotatable bonds is 3. The van der Waals surface area contributed by atoms with Crippen LogP contribution < -0.4 is 0 Å². The van der Waals surface area contributed by atoms with Crippen molar-refractivity contribution in [1.29, 1.82) is 0 Å². The van der Waals surface area contributed by atoms with Gasteiger partial charge in [-0.1, -0.05) is 0 Å². The molecule has 2 aliphatic heterocycles. The maximum absolute atomic E-state index is 5.74. The van der Waals surface area contributed by atoms with Gasteiger partial charge >= 0.3 is 0 Å². The maximum Gasteiger partial charge on any atom is 0.0235 e. The van der Waals surface area contributed by atoms with Gasteiger partial charge in [-0.25, -0.2) is 0 Å². The van der Waals surface area contributed by atoms with E-state index in [-0.39, 0.29) is 0 Å². The molecule has 0 aromatic heterocycles. The summed E-state index contributed by atoms with van der Waals surface area (Å²) in [6, 6.07) is 0.854. The zero-order chi connectivity index (χ0) is 9.80. The van der Waals surface area contributed by atoms with Crippen LogP contribution in [0.3, 0.4) is 0 Å². The Morgan fingerprint density at radius 1 is 1.14 bits per heavy atom. The van der Waals surface area contributed by atoms with E-state index in [9.17, 15) is 0 Å². The molecule has 2 aliphatic rings. The molecule has 1 unspecified atom stereocenters. The lowest BCUT2D eigenvalue weighted by Crippen LogP contribution is -2.37. The highest BCUT2D eigenvalue weighted by molar-refractivity contribution is 6.17. The number of halogens is 1. The van der Waals surface area contributed by atoms with E-state index in [4.69, 9.17) is 11.6 Å². The number of nitrogens with zero attached hydrogens (tertiary/aromatic N) is 2. The molecule has 0 amide bonds. The van der Waals surface area contributed by atoms with Gasteiger partial charge in [0.05, 0.1) is 0 Å². The average Bonchev–Trinajstić information content (AvgIpc) is 2.54. The number of fused-ring (bicyclic) bond motifs is 1. The normalized spacial score (nSPS) is 30.2. The van der Waals surface area contributed by atoms with Crippen molar-refractivity contribution in [3.63, 3.8) is 0 Å². The van der Waals surface area contributed by atoms with Gasteiger partial charge in [0.25, 0.3) is 0 Å². The molecule has 2 heterocycles. The van der Waals surface area contributed by atoms with Crippen molar-refractivity contribution in [3.8, 4) is 0 Å². The molecule has 0 spiro atoms. The molecule has 2 rings (SSSR count). The number of hydrogen-bond acceptors (Lipinski definition) is 2. The van der Waals surface area contributed by atoms with Gasteiger partial charge in [0.15, 0.2) is 0 Å². The minimum Gasteiger partial charge on any atom is -0.302 e. The van der Waals surface area contributed by atoms with Crippen molar-refractivity contribution in [2.75, 3.05) is 38.6 Å². The first-order valence-corrected chi connectivity index (χ1v) is 6.46. The molecule has 0 radical (unpaired) electrons. The molecule has 1 atom stereocenters. The van der Waals surface area contributed by atoms with Crippen LogP contribution in [0.5, 0.6) is 0 Å². The molecule has 2 nitrogen and oxygen atoms in total. The van der Waals surface area contributed by atoms with E-state index in [0.29, 0.717) is 0 Å². The summed E-state index contributed by atoms with van der Waals surface area (Å²) >= 11 is 5.74. The Labute approximate surface area is 92.2 Å². The SMILES string of the molecule is ClCCCN1CCCN2CCCC2C1. The van der Waals surface area contributed by atoms with Crippen molar-refractivity contribution >= 4 is 11.6 Å². The van der Waals surface area contributed by atoms with E-state index >= 15 is 0 Å². The molecule has 2 saturated heterocycles.